The minimum atomic E-state index is -4.63. The lowest BCUT2D eigenvalue weighted by atomic mass is 10.1. The molecule has 0 aliphatic carbocycles. The first-order valence-corrected chi connectivity index (χ1v) is 9.84. The number of nitrogens with zero attached hydrogens (tertiary/aromatic N) is 3. The highest BCUT2D eigenvalue weighted by atomic mass is 35.5. The van der Waals surface area contributed by atoms with Gasteiger partial charge in [-0.05, 0) is 23.8 Å². The average Bonchev–Trinajstić information content (AvgIpc) is 2.70. The second-order valence-electron chi connectivity index (χ2n) is 6.59. The van der Waals surface area contributed by atoms with Crippen LogP contribution in [-0.4, -0.2) is 21.8 Å². The maximum atomic E-state index is 13.0. The van der Waals surface area contributed by atoms with Crippen molar-refractivity contribution in [1.82, 2.24) is 9.97 Å². The number of hydrogen-bond acceptors (Lipinski definition) is 4. The number of rotatable bonds is 5. The first-order valence-electron chi connectivity index (χ1n) is 9.08. The minimum Gasteiger partial charge on any atom is -0.326 e. The Morgan fingerprint density at radius 1 is 1.12 bits per heavy atom. The average molecular weight is 483 g/mol. The lowest BCUT2D eigenvalue weighted by molar-refractivity contribution is -0.137. The first kappa shape index (κ1) is 23.5. The van der Waals surface area contributed by atoms with E-state index >= 15 is 0 Å². The molecule has 3 aromatic rings. The fraction of sp³-hybridized carbons (Fsp3) is 0.143. The van der Waals surface area contributed by atoms with Crippen molar-refractivity contribution in [3.63, 3.8) is 0 Å². The molecule has 166 valence electrons. The minimum absolute atomic E-state index is 0.0298. The Morgan fingerprint density at radius 3 is 2.53 bits per heavy atom. The summed E-state index contributed by atoms with van der Waals surface area (Å²) in [4.78, 5) is 34.0. The zero-order chi connectivity index (χ0) is 23.5. The van der Waals surface area contributed by atoms with Crippen molar-refractivity contribution in [3.8, 4) is 0 Å². The number of carbonyl (C=O) groups is 2. The molecule has 3 rings (SSSR count). The summed E-state index contributed by atoms with van der Waals surface area (Å²) in [5, 5.41) is 2.27. The summed E-state index contributed by atoms with van der Waals surface area (Å²) in [7, 11) is 0. The first-order chi connectivity index (χ1) is 15.1. The van der Waals surface area contributed by atoms with E-state index < -0.39 is 22.7 Å². The van der Waals surface area contributed by atoms with Gasteiger partial charge in [-0.1, -0.05) is 35.3 Å². The summed E-state index contributed by atoms with van der Waals surface area (Å²) in [6, 6.07) is 7.82. The lowest BCUT2D eigenvalue weighted by Crippen LogP contribution is -2.24. The molecule has 1 aromatic carbocycles. The van der Waals surface area contributed by atoms with Crippen LogP contribution in [0.3, 0.4) is 0 Å². The molecule has 0 aliphatic heterocycles. The van der Waals surface area contributed by atoms with E-state index in [1.165, 1.54) is 60.7 Å². The molecule has 2 heterocycles. The van der Waals surface area contributed by atoms with Gasteiger partial charge < -0.3 is 5.32 Å². The van der Waals surface area contributed by atoms with Crippen LogP contribution in [0.4, 0.5) is 30.4 Å². The second kappa shape index (κ2) is 9.54. The van der Waals surface area contributed by atoms with Crippen molar-refractivity contribution in [1.29, 1.82) is 0 Å². The summed E-state index contributed by atoms with van der Waals surface area (Å²) in [6.07, 6.45) is -0.812. The van der Waals surface area contributed by atoms with Crippen molar-refractivity contribution in [2.45, 2.75) is 19.5 Å². The Kier molecular flexibility index (Phi) is 7.00. The highest BCUT2D eigenvalue weighted by Crippen LogP contribution is 2.36. The summed E-state index contributed by atoms with van der Waals surface area (Å²) in [5.41, 5.74) is -0.357. The van der Waals surface area contributed by atoms with Gasteiger partial charge in [0.15, 0.2) is 0 Å². The largest absolute Gasteiger partial charge is 0.417 e. The Bertz CT molecular complexity index is 1170. The van der Waals surface area contributed by atoms with Gasteiger partial charge in [-0.2, -0.15) is 13.2 Å². The third kappa shape index (κ3) is 5.35. The van der Waals surface area contributed by atoms with Crippen LogP contribution in [0.25, 0.3) is 0 Å². The van der Waals surface area contributed by atoms with Crippen molar-refractivity contribution in [2.75, 3.05) is 10.2 Å². The van der Waals surface area contributed by atoms with Gasteiger partial charge in [0.05, 0.1) is 27.7 Å². The van der Waals surface area contributed by atoms with Gasteiger partial charge in [-0.25, -0.2) is 4.98 Å². The molecule has 2 aromatic heterocycles. The quantitative estimate of drug-likeness (QED) is 0.508. The van der Waals surface area contributed by atoms with Gasteiger partial charge in [0.1, 0.15) is 5.82 Å². The van der Waals surface area contributed by atoms with Crippen LogP contribution < -0.4 is 10.2 Å². The fourth-order valence-electron chi connectivity index (χ4n) is 2.94. The lowest BCUT2D eigenvalue weighted by Gasteiger charge is -2.21. The molecule has 32 heavy (non-hydrogen) atoms. The Morgan fingerprint density at radius 2 is 1.88 bits per heavy atom. The molecule has 0 saturated heterocycles. The van der Waals surface area contributed by atoms with E-state index in [-0.39, 0.29) is 34.4 Å². The Balaban J connectivity index is 1.83. The number of carbonyl (C=O) groups excluding carboxylic acids is 2. The van der Waals surface area contributed by atoms with Gasteiger partial charge in [-0.15, -0.1) is 0 Å². The molecule has 0 unspecified atom stereocenters. The molecule has 1 N–H and O–H groups in total. The normalized spacial score (nSPS) is 11.2. The second-order valence-corrected chi connectivity index (χ2v) is 7.37. The SMILES string of the molecule is CC(=O)N(c1cc(NC(=O)Cc2cccc(C(F)(F)F)c2Cl)ccn1)c1ccncc1Cl. The van der Waals surface area contributed by atoms with E-state index in [4.69, 9.17) is 23.2 Å². The maximum absolute atomic E-state index is 13.0. The predicted molar refractivity (Wildman–Crippen MR) is 115 cm³/mol. The van der Waals surface area contributed by atoms with Crippen LogP contribution in [-0.2, 0) is 22.2 Å². The van der Waals surface area contributed by atoms with E-state index in [1.807, 2.05) is 0 Å². The third-order valence-electron chi connectivity index (χ3n) is 4.30. The molecule has 6 nitrogen and oxygen atoms in total. The number of nitrogens with one attached hydrogen (secondary N) is 1. The molecule has 0 bridgehead atoms. The van der Waals surface area contributed by atoms with Crippen molar-refractivity contribution >= 4 is 52.2 Å². The zero-order valence-electron chi connectivity index (χ0n) is 16.5. The number of alkyl halides is 3. The Hall–Kier alpha value is -3.17. The van der Waals surface area contributed by atoms with Crippen LogP contribution in [0.1, 0.15) is 18.1 Å². The summed E-state index contributed by atoms with van der Waals surface area (Å²) < 4.78 is 39.1. The van der Waals surface area contributed by atoms with Gasteiger partial charge in [0, 0.05) is 37.3 Å². The smallest absolute Gasteiger partial charge is 0.326 e. The van der Waals surface area contributed by atoms with E-state index in [0.717, 1.165) is 6.07 Å². The topological polar surface area (TPSA) is 75.2 Å². The van der Waals surface area contributed by atoms with E-state index in [9.17, 15) is 22.8 Å². The standard InChI is InChI=1S/C21H15Cl2F3N4O2/c1-12(31)30(17-6-7-27-11-16(17)22)18-10-14(5-8-28-18)29-19(32)9-13-3-2-4-15(20(13)23)21(24,25)26/h2-8,10-11H,9H2,1H3,(H,28,29,32). The number of amides is 2. The zero-order valence-corrected chi connectivity index (χ0v) is 18.0. The molecule has 0 spiro atoms. The van der Waals surface area contributed by atoms with Gasteiger partial charge in [-0.3, -0.25) is 19.5 Å². The molecular weight excluding hydrogens is 468 g/mol. The van der Waals surface area contributed by atoms with E-state index in [2.05, 4.69) is 15.3 Å². The maximum Gasteiger partial charge on any atom is 0.417 e. The molecule has 0 aliphatic rings. The summed E-state index contributed by atoms with van der Waals surface area (Å²) in [6.45, 7) is 1.32. The fourth-order valence-corrected chi connectivity index (χ4v) is 3.44. The number of benzene rings is 1. The molecule has 2 amide bonds. The number of halogens is 5. The van der Waals surface area contributed by atoms with E-state index in [0.29, 0.717) is 5.69 Å². The Labute approximate surface area is 191 Å². The predicted octanol–water partition coefficient (Wildman–Crippen LogP) is 5.67. The van der Waals surface area contributed by atoms with Crippen LogP contribution in [0.2, 0.25) is 10.0 Å². The van der Waals surface area contributed by atoms with Crippen molar-refractivity contribution in [3.05, 3.63) is 76.2 Å². The number of anilines is 3. The molecule has 11 heteroatoms. The number of aromatic nitrogens is 2. The number of pyridine rings is 2. The van der Waals surface area contributed by atoms with E-state index in [1.54, 1.807) is 0 Å². The van der Waals surface area contributed by atoms with Crippen LogP contribution in [0.5, 0.6) is 0 Å². The summed E-state index contributed by atoms with van der Waals surface area (Å²) >= 11 is 12.0. The van der Waals surface area contributed by atoms with Gasteiger partial charge in [0.25, 0.3) is 0 Å². The monoisotopic (exact) mass is 482 g/mol. The molecular formula is C21H15Cl2F3N4O2. The molecule has 0 radical (unpaired) electrons. The highest BCUT2D eigenvalue weighted by molar-refractivity contribution is 6.34. The molecule has 0 fully saturated rings. The molecule has 0 atom stereocenters. The summed E-state index contributed by atoms with van der Waals surface area (Å²) in [5.74, 6) is -0.801. The number of hydrogen-bond donors (Lipinski definition) is 1. The van der Waals surface area contributed by atoms with Crippen molar-refractivity contribution < 1.29 is 22.8 Å². The van der Waals surface area contributed by atoms with Gasteiger partial charge >= 0.3 is 6.18 Å². The van der Waals surface area contributed by atoms with Crippen LogP contribution >= 0.6 is 23.2 Å². The highest BCUT2D eigenvalue weighted by Gasteiger charge is 2.34. The van der Waals surface area contributed by atoms with Crippen molar-refractivity contribution in [2.24, 2.45) is 0 Å². The molecule has 0 saturated carbocycles. The van der Waals surface area contributed by atoms with Crippen LogP contribution in [0, 0.1) is 0 Å². The van der Waals surface area contributed by atoms with Gasteiger partial charge in [0.2, 0.25) is 11.8 Å². The third-order valence-corrected chi connectivity index (χ3v) is 5.04. The van der Waals surface area contributed by atoms with Crippen LogP contribution in [0.15, 0.2) is 55.0 Å².